The minimum Gasteiger partial charge on any atom is -0.504 e. The number of esters is 1. The first-order chi connectivity index (χ1) is 20.7. The summed E-state index contributed by atoms with van der Waals surface area (Å²) in [5, 5.41) is 26.1. The number of hydrogen-bond donors (Lipinski definition) is 3. The van der Waals surface area contributed by atoms with Gasteiger partial charge in [0.05, 0.1) is 6.10 Å². The number of aromatic hydroxyl groups is 2. The Labute approximate surface area is 262 Å². The van der Waals surface area contributed by atoms with E-state index in [1.807, 2.05) is 6.92 Å². The molecule has 44 heavy (non-hydrogen) atoms. The maximum absolute atomic E-state index is 14.2. The second kappa shape index (κ2) is 13.9. The molecule has 9 nitrogen and oxygen atoms in total. The van der Waals surface area contributed by atoms with E-state index in [1.165, 1.54) is 12.1 Å². The number of nitroso groups, excluding NO2 is 1. The van der Waals surface area contributed by atoms with Crippen LogP contribution in [0.15, 0.2) is 35.7 Å². The molecule has 0 spiro atoms. The van der Waals surface area contributed by atoms with Crippen LogP contribution in [0.1, 0.15) is 104 Å². The van der Waals surface area contributed by atoms with E-state index < -0.39 is 18.1 Å². The fourth-order valence-corrected chi connectivity index (χ4v) is 7.65. The fraction of sp³-hybridized carbons (Fsp3) is 0.714. The Morgan fingerprint density at radius 2 is 1.77 bits per heavy atom. The second-order valence-electron chi connectivity index (χ2n) is 14.7. The Morgan fingerprint density at radius 3 is 2.39 bits per heavy atom. The molecular weight excluding hydrogens is 558 g/mol. The van der Waals surface area contributed by atoms with Crippen LogP contribution in [0.25, 0.3) is 0 Å². The Bertz CT molecular complexity index is 1210. The number of phenols is 2. The van der Waals surface area contributed by atoms with Crippen molar-refractivity contribution in [3.63, 3.8) is 0 Å². The van der Waals surface area contributed by atoms with Crippen LogP contribution in [0.5, 0.6) is 11.5 Å². The highest BCUT2D eigenvalue weighted by Crippen LogP contribution is 2.57. The zero-order valence-corrected chi connectivity index (χ0v) is 27.3. The highest BCUT2D eigenvalue weighted by Gasteiger charge is 2.49. The molecule has 2 saturated carbocycles. The summed E-state index contributed by atoms with van der Waals surface area (Å²) in [5.74, 6) is -0.503. The molecule has 1 aromatic rings. The molecule has 1 aliphatic heterocycles. The molecule has 244 valence electrons. The lowest BCUT2D eigenvalue weighted by Crippen LogP contribution is -2.54. The number of carbonyl (C=O) groups is 2. The summed E-state index contributed by atoms with van der Waals surface area (Å²) < 4.78 is 6.02. The van der Waals surface area contributed by atoms with Gasteiger partial charge in [-0.15, -0.1) is 0 Å². The lowest BCUT2D eigenvalue weighted by Gasteiger charge is -2.40. The van der Waals surface area contributed by atoms with Crippen LogP contribution in [0, 0.1) is 27.6 Å². The van der Waals surface area contributed by atoms with Crippen LogP contribution in [0.4, 0.5) is 0 Å². The number of nitrogens with one attached hydrogen (secondary N) is 1. The van der Waals surface area contributed by atoms with Gasteiger partial charge in [-0.3, -0.25) is 4.79 Å². The van der Waals surface area contributed by atoms with Crippen LogP contribution in [0.3, 0.4) is 0 Å². The number of ether oxygens (including phenoxy) is 1. The second-order valence-corrected chi connectivity index (χ2v) is 14.7. The van der Waals surface area contributed by atoms with Crippen molar-refractivity contribution in [2.75, 3.05) is 6.54 Å². The standard InChI is InChI=1S/C35H53N3O6/c1-22(19-26-16-17-34(3,4)35(26,5)6)44-33(42)28-13-10-18-38(28)32(41)31(25-11-8-7-9-12-25)36-23(2)27(37-43)20-24-14-15-29(39)30(40)21-24/h14-15,21-22,25-28,31,36,39-40H,2,7-13,16-20H2,1,3-6H3. The Hall–Kier alpha value is -3.10. The third-order valence-electron chi connectivity index (χ3n) is 11.4. The lowest BCUT2D eigenvalue weighted by atomic mass is 9.66. The van der Waals surface area contributed by atoms with E-state index in [2.05, 4.69) is 44.8 Å². The van der Waals surface area contributed by atoms with Gasteiger partial charge in [0.1, 0.15) is 18.1 Å². The highest BCUT2D eigenvalue weighted by atomic mass is 16.5. The third kappa shape index (κ3) is 7.40. The van der Waals surface area contributed by atoms with Gasteiger partial charge in [-0.2, -0.15) is 4.91 Å². The summed E-state index contributed by atoms with van der Waals surface area (Å²) in [5.41, 5.74) is 1.33. The normalized spacial score (nSPS) is 25.2. The van der Waals surface area contributed by atoms with Crippen molar-refractivity contribution in [1.82, 2.24) is 10.2 Å². The van der Waals surface area contributed by atoms with E-state index in [4.69, 9.17) is 4.74 Å². The van der Waals surface area contributed by atoms with Crippen molar-refractivity contribution in [3.05, 3.63) is 40.9 Å². The van der Waals surface area contributed by atoms with Crippen molar-refractivity contribution < 1.29 is 24.5 Å². The Morgan fingerprint density at radius 1 is 1.07 bits per heavy atom. The van der Waals surface area contributed by atoms with Crippen molar-refractivity contribution in [2.45, 2.75) is 129 Å². The number of benzene rings is 1. The average molecular weight is 612 g/mol. The van der Waals surface area contributed by atoms with Gasteiger partial charge in [-0.05, 0) is 92.2 Å². The summed E-state index contributed by atoms with van der Waals surface area (Å²) in [6.07, 6.45) is 9.21. The van der Waals surface area contributed by atoms with Gasteiger partial charge >= 0.3 is 5.97 Å². The highest BCUT2D eigenvalue weighted by molar-refractivity contribution is 5.88. The molecule has 1 heterocycles. The number of rotatable bonds is 12. The van der Waals surface area contributed by atoms with Gasteiger partial charge in [0.2, 0.25) is 5.91 Å². The van der Waals surface area contributed by atoms with Gasteiger partial charge < -0.3 is 25.2 Å². The minimum absolute atomic E-state index is 0.0437. The van der Waals surface area contributed by atoms with Gasteiger partial charge in [0.25, 0.3) is 0 Å². The fourth-order valence-electron chi connectivity index (χ4n) is 7.65. The number of nitrogens with zero attached hydrogens (tertiary/aromatic N) is 2. The molecule has 3 aliphatic rings. The van der Waals surface area contributed by atoms with Crippen LogP contribution < -0.4 is 5.32 Å². The van der Waals surface area contributed by atoms with E-state index in [0.29, 0.717) is 30.1 Å². The van der Waals surface area contributed by atoms with Gasteiger partial charge in [-0.1, -0.05) is 64.8 Å². The maximum atomic E-state index is 14.2. The number of amides is 1. The summed E-state index contributed by atoms with van der Waals surface area (Å²) in [6.45, 7) is 15.8. The molecule has 3 N–H and O–H groups in total. The largest absolute Gasteiger partial charge is 0.504 e. The molecule has 0 radical (unpaired) electrons. The van der Waals surface area contributed by atoms with Crippen LogP contribution in [0.2, 0.25) is 0 Å². The summed E-state index contributed by atoms with van der Waals surface area (Å²) in [6, 6.07) is 2.22. The molecule has 5 unspecified atom stereocenters. The average Bonchev–Trinajstić information content (AvgIpc) is 3.55. The van der Waals surface area contributed by atoms with Crippen LogP contribution in [-0.4, -0.2) is 57.8 Å². The monoisotopic (exact) mass is 611 g/mol. The molecule has 0 aromatic heterocycles. The molecular formula is C35H53N3O6. The molecule has 1 aromatic carbocycles. The zero-order chi connectivity index (χ0) is 32.2. The van der Waals surface area contributed by atoms with Gasteiger partial charge in [-0.25, -0.2) is 4.79 Å². The first-order valence-corrected chi connectivity index (χ1v) is 16.5. The quantitative estimate of drug-likeness (QED) is 0.138. The lowest BCUT2D eigenvalue weighted by molar-refractivity contribution is -0.159. The van der Waals surface area contributed by atoms with E-state index >= 15 is 0 Å². The molecule has 1 saturated heterocycles. The Balaban J connectivity index is 1.44. The van der Waals surface area contributed by atoms with Crippen molar-refractivity contribution >= 4 is 11.9 Å². The summed E-state index contributed by atoms with van der Waals surface area (Å²) >= 11 is 0. The molecule has 9 heteroatoms. The van der Waals surface area contributed by atoms with Gasteiger partial charge in [0, 0.05) is 18.7 Å². The topological polar surface area (TPSA) is 129 Å². The van der Waals surface area contributed by atoms with E-state index in [1.54, 1.807) is 11.0 Å². The molecule has 1 amide bonds. The van der Waals surface area contributed by atoms with E-state index in [0.717, 1.165) is 57.8 Å². The number of hydrogen-bond acceptors (Lipinski definition) is 8. The minimum atomic E-state index is -0.886. The smallest absolute Gasteiger partial charge is 0.329 e. The summed E-state index contributed by atoms with van der Waals surface area (Å²) in [4.78, 5) is 41.3. The van der Waals surface area contributed by atoms with Crippen molar-refractivity contribution in [1.29, 1.82) is 0 Å². The van der Waals surface area contributed by atoms with Crippen LogP contribution in [-0.2, 0) is 20.7 Å². The Kier molecular flexibility index (Phi) is 10.7. The van der Waals surface area contributed by atoms with E-state index in [-0.39, 0.29) is 52.6 Å². The first-order valence-electron chi connectivity index (χ1n) is 16.5. The zero-order valence-electron chi connectivity index (χ0n) is 27.3. The maximum Gasteiger partial charge on any atom is 0.329 e. The SMILES string of the molecule is C=C(NC(C(=O)N1CCCC1C(=O)OC(C)CC1CCC(C)(C)C1(C)C)C1CCCCC1)C(Cc1ccc(O)c(O)c1)N=O. The van der Waals surface area contributed by atoms with E-state index in [9.17, 15) is 24.7 Å². The van der Waals surface area contributed by atoms with Gasteiger partial charge in [0.15, 0.2) is 11.5 Å². The molecule has 0 bridgehead atoms. The number of likely N-dealkylation sites (tertiary alicyclic amines) is 1. The summed E-state index contributed by atoms with van der Waals surface area (Å²) in [7, 11) is 0. The van der Waals surface area contributed by atoms with Crippen molar-refractivity contribution in [2.24, 2.45) is 27.8 Å². The third-order valence-corrected chi connectivity index (χ3v) is 11.4. The predicted molar refractivity (Wildman–Crippen MR) is 171 cm³/mol. The van der Waals surface area contributed by atoms with Crippen molar-refractivity contribution in [3.8, 4) is 11.5 Å². The van der Waals surface area contributed by atoms with Crippen LogP contribution >= 0.6 is 0 Å². The number of phenolic OH excluding ortho intramolecular Hbond substituents is 2. The number of carbonyl (C=O) groups excluding carboxylic acids is 2. The first kappa shape index (κ1) is 33.8. The molecule has 3 fully saturated rings. The predicted octanol–water partition coefficient (Wildman–Crippen LogP) is 6.60. The molecule has 5 atom stereocenters. The molecule has 4 rings (SSSR count). The molecule has 2 aliphatic carbocycles.